The zero-order valence-electron chi connectivity index (χ0n) is 13.0. The predicted octanol–water partition coefficient (Wildman–Crippen LogP) is 3.41. The molecule has 0 aliphatic carbocycles. The molecular weight excluding hydrogens is 306 g/mol. The summed E-state index contributed by atoms with van der Waals surface area (Å²) in [5.74, 6) is 0.801. The maximum absolute atomic E-state index is 11.9. The van der Waals surface area contributed by atoms with Crippen LogP contribution in [-0.4, -0.2) is 14.8 Å². The second-order valence-electron chi connectivity index (χ2n) is 5.47. The molecule has 1 aromatic heterocycles. The number of rotatable bonds is 6. The van der Waals surface area contributed by atoms with Crippen LogP contribution < -0.4 is 5.69 Å². The van der Waals surface area contributed by atoms with Crippen molar-refractivity contribution in [2.24, 2.45) is 0 Å². The van der Waals surface area contributed by atoms with E-state index in [0.29, 0.717) is 6.54 Å². The molecule has 23 heavy (non-hydrogen) atoms. The molecule has 0 amide bonds. The van der Waals surface area contributed by atoms with Crippen LogP contribution in [0.25, 0.3) is 0 Å². The number of thioether (sulfide) groups is 1. The fourth-order valence-corrected chi connectivity index (χ4v) is 3.26. The Balaban J connectivity index is 1.66. The third-order valence-electron chi connectivity index (χ3n) is 3.68. The van der Waals surface area contributed by atoms with Gasteiger partial charge in [0.25, 0.3) is 0 Å². The highest BCUT2D eigenvalue weighted by Gasteiger charge is 2.09. The van der Waals surface area contributed by atoms with E-state index in [9.17, 15) is 4.79 Å². The molecule has 2 aromatic carbocycles. The minimum atomic E-state index is -0.146. The van der Waals surface area contributed by atoms with E-state index < -0.39 is 0 Å². The number of H-pyrrole nitrogens is 1. The molecule has 0 fully saturated rings. The first-order valence-electron chi connectivity index (χ1n) is 7.60. The third-order valence-corrected chi connectivity index (χ3v) is 4.73. The van der Waals surface area contributed by atoms with E-state index in [0.717, 1.165) is 17.3 Å². The minimum absolute atomic E-state index is 0.146. The van der Waals surface area contributed by atoms with Crippen LogP contribution in [0.2, 0.25) is 0 Å². The van der Waals surface area contributed by atoms with Gasteiger partial charge < -0.3 is 0 Å². The van der Waals surface area contributed by atoms with Crippen LogP contribution in [0.3, 0.4) is 0 Å². The SMILES string of the molecule is Cc1ccc(CSc2n[nH]c(=O)n2CCc2ccccc2)cc1. The lowest BCUT2D eigenvalue weighted by atomic mass is 10.1. The van der Waals surface area contributed by atoms with Crippen LogP contribution in [0.4, 0.5) is 0 Å². The van der Waals surface area contributed by atoms with Crippen molar-refractivity contribution < 1.29 is 0 Å². The van der Waals surface area contributed by atoms with Crippen LogP contribution in [0.5, 0.6) is 0 Å². The zero-order chi connectivity index (χ0) is 16.1. The Morgan fingerprint density at radius 2 is 1.78 bits per heavy atom. The zero-order valence-corrected chi connectivity index (χ0v) is 13.8. The average Bonchev–Trinajstić information content (AvgIpc) is 2.93. The van der Waals surface area contributed by atoms with E-state index in [1.165, 1.54) is 16.7 Å². The molecule has 0 aliphatic rings. The normalized spacial score (nSPS) is 10.8. The van der Waals surface area contributed by atoms with E-state index in [4.69, 9.17) is 0 Å². The number of aromatic amines is 1. The molecule has 1 heterocycles. The number of aryl methyl sites for hydroxylation is 2. The Labute approximate surface area is 139 Å². The van der Waals surface area contributed by atoms with Crippen molar-refractivity contribution in [3.05, 3.63) is 81.8 Å². The Kier molecular flexibility index (Phi) is 4.98. The Morgan fingerprint density at radius 3 is 2.52 bits per heavy atom. The smallest absolute Gasteiger partial charge is 0.270 e. The van der Waals surface area contributed by atoms with Gasteiger partial charge in [-0.05, 0) is 24.5 Å². The van der Waals surface area contributed by atoms with E-state index in [2.05, 4.69) is 53.5 Å². The largest absolute Gasteiger partial charge is 0.343 e. The lowest BCUT2D eigenvalue weighted by Gasteiger charge is -2.06. The van der Waals surface area contributed by atoms with Crippen LogP contribution in [0.1, 0.15) is 16.7 Å². The molecule has 0 aliphatic heterocycles. The number of nitrogens with one attached hydrogen (secondary N) is 1. The minimum Gasteiger partial charge on any atom is -0.270 e. The lowest BCUT2D eigenvalue weighted by Crippen LogP contribution is -2.18. The number of hydrogen-bond acceptors (Lipinski definition) is 3. The first-order chi connectivity index (χ1) is 11.2. The molecule has 118 valence electrons. The second kappa shape index (κ2) is 7.33. The summed E-state index contributed by atoms with van der Waals surface area (Å²) in [6.45, 7) is 2.71. The van der Waals surface area contributed by atoms with Crippen LogP contribution in [-0.2, 0) is 18.7 Å². The Bertz CT molecular complexity index is 806. The molecule has 0 spiro atoms. The molecular formula is C18H19N3OS. The van der Waals surface area contributed by atoms with Gasteiger partial charge in [0.15, 0.2) is 5.16 Å². The van der Waals surface area contributed by atoms with Gasteiger partial charge in [-0.1, -0.05) is 71.9 Å². The summed E-state index contributed by atoms with van der Waals surface area (Å²) in [5, 5.41) is 7.45. The van der Waals surface area contributed by atoms with E-state index in [-0.39, 0.29) is 5.69 Å². The summed E-state index contributed by atoms with van der Waals surface area (Å²) in [6.07, 6.45) is 0.818. The van der Waals surface area contributed by atoms with Gasteiger partial charge in [-0.2, -0.15) is 0 Å². The average molecular weight is 325 g/mol. The molecule has 0 bridgehead atoms. The molecule has 0 radical (unpaired) electrons. The van der Waals surface area contributed by atoms with Crippen molar-refractivity contribution in [3.8, 4) is 0 Å². The quantitative estimate of drug-likeness (QED) is 0.707. The lowest BCUT2D eigenvalue weighted by molar-refractivity contribution is 0.616. The first kappa shape index (κ1) is 15.6. The fourth-order valence-electron chi connectivity index (χ4n) is 2.33. The highest BCUT2D eigenvalue weighted by molar-refractivity contribution is 7.98. The molecule has 3 aromatic rings. The summed E-state index contributed by atoms with van der Waals surface area (Å²) < 4.78 is 1.71. The Hall–Kier alpha value is -2.27. The van der Waals surface area contributed by atoms with Gasteiger partial charge in [-0.3, -0.25) is 4.57 Å². The van der Waals surface area contributed by atoms with Crippen molar-refractivity contribution in [3.63, 3.8) is 0 Å². The van der Waals surface area contributed by atoms with Gasteiger partial charge in [-0.25, -0.2) is 9.89 Å². The monoisotopic (exact) mass is 325 g/mol. The van der Waals surface area contributed by atoms with Crippen LogP contribution in [0, 0.1) is 6.92 Å². The number of aromatic nitrogens is 3. The van der Waals surface area contributed by atoms with Crippen molar-refractivity contribution in [1.82, 2.24) is 14.8 Å². The predicted molar refractivity (Wildman–Crippen MR) is 93.7 cm³/mol. The molecule has 1 N–H and O–H groups in total. The first-order valence-corrected chi connectivity index (χ1v) is 8.58. The van der Waals surface area contributed by atoms with E-state index in [1.54, 1.807) is 16.3 Å². The number of hydrogen-bond donors (Lipinski definition) is 1. The summed E-state index contributed by atoms with van der Waals surface area (Å²) in [5.41, 5.74) is 3.55. The molecule has 0 saturated heterocycles. The highest BCUT2D eigenvalue weighted by atomic mass is 32.2. The van der Waals surface area contributed by atoms with Crippen molar-refractivity contribution in [2.45, 2.75) is 30.8 Å². The summed E-state index contributed by atoms with van der Waals surface area (Å²) in [7, 11) is 0. The number of benzene rings is 2. The van der Waals surface area contributed by atoms with Gasteiger partial charge in [0.1, 0.15) is 0 Å². The molecule has 4 nitrogen and oxygen atoms in total. The highest BCUT2D eigenvalue weighted by Crippen LogP contribution is 2.20. The molecule has 5 heteroatoms. The maximum Gasteiger partial charge on any atom is 0.343 e. The van der Waals surface area contributed by atoms with Crippen LogP contribution >= 0.6 is 11.8 Å². The molecule has 0 unspecified atom stereocenters. The summed E-state index contributed by atoms with van der Waals surface area (Å²) >= 11 is 1.58. The maximum atomic E-state index is 11.9. The van der Waals surface area contributed by atoms with E-state index in [1.807, 2.05) is 18.2 Å². The topological polar surface area (TPSA) is 50.7 Å². The van der Waals surface area contributed by atoms with Crippen LogP contribution in [0.15, 0.2) is 64.5 Å². The Morgan fingerprint density at radius 1 is 1.04 bits per heavy atom. The van der Waals surface area contributed by atoms with Crippen molar-refractivity contribution in [1.29, 1.82) is 0 Å². The molecule has 0 atom stereocenters. The van der Waals surface area contributed by atoms with Gasteiger partial charge in [0, 0.05) is 12.3 Å². The fraction of sp³-hybridized carbons (Fsp3) is 0.222. The van der Waals surface area contributed by atoms with Gasteiger partial charge in [0.05, 0.1) is 0 Å². The standard InChI is InChI=1S/C18H19N3OS/c1-14-7-9-16(10-8-14)13-23-18-20-19-17(22)21(18)12-11-15-5-3-2-4-6-15/h2-10H,11-13H2,1H3,(H,19,22). The van der Waals surface area contributed by atoms with E-state index >= 15 is 0 Å². The van der Waals surface area contributed by atoms with Crippen molar-refractivity contribution in [2.75, 3.05) is 0 Å². The molecule has 0 saturated carbocycles. The second-order valence-corrected chi connectivity index (χ2v) is 6.42. The van der Waals surface area contributed by atoms with Crippen molar-refractivity contribution >= 4 is 11.8 Å². The number of nitrogens with zero attached hydrogens (tertiary/aromatic N) is 2. The summed E-state index contributed by atoms with van der Waals surface area (Å²) in [6, 6.07) is 18.6. The van der Waals surface area contributed by atoms with Gasteiger partial charge in [0.2, 0.25) is 0 Å². The third kappa shape index (κ3) is 4.13. The van der Waals surface area contributed by atoms with Gasteiger partial charge in [-0.15, -0.1) is 5.10 Å². The summed E-state index contributed by atoms with van der Waals surface area (Å²) in [4.78, 5) is 11.9. The molecule has 3 rings (SSSR count). The van der Waals surface area contributed by atoms with Gasteiger partial charge >= 0.3 is 5.69 Å².